The van der Waals surface area contributed by atoms with E-state index >= 15 is 0 Å². The van der Waals surface area contributed by atoms with Gasteiger partial charge in [0.1, 0.15) is 5.75 Å². The highest BCUT2D eigenvalue weighted by Crippen LogP contribution is 2.35. The molecule has 1 fully saturated rings. The van der Waals surface area contributed by atoms with E-state index in [4.69, 9.17) is 10.5 Å². The van der Waals surface area contributed by atoms with Crippen molar-refractivity contribution in [2.75, 3.05) is 12.3 Å². The SMILES string of the molecule is CCOc1ccc(C(=O)NC2(CC)CCC2)cc1N. The Morgan fingerprint density at radius 2 is 2.16 bits per heavy atom. The number of benzene rings is 1. The highest BCUT2D eigenvalue weighted by Gasteiger charge is 2.36. The Hall–Kier alpha value is -1.71. The molecule has 0 atom stereocenters. The number of nitrogens with one attached hydrogen (secondary N) is 1. The summed E-state index contributed by atoms with van der Waals surface area (Å²) in [5.41, 5.74) is 6.99. The van der Waals surface area contributed by atoms with E-state index in [2.05, 4.69) is 12.2 Å². The molecule has 4 heteroatoms. The number of anilines is 1. The highest BCUT2D eigenvalue weighted by molar-refractivity contribution is 5.96. The number of carbonyl (C=O) groups is 1. The Morgan fingerprint density at radius 1 is 1.42 bits per heavy atom. The van der Waals surface area contributed by atoms with Gasteiger partial charge in [0.25, 0.3) is 5.91 Å². The number of ether oxygens (including phenoxy) is 1. The van der Waals surface area contributed by atoms with E-state index in [9.17, 15) is 4.79 Å². The smallest absolute Gasteiger partial charge is 0.251 e. The summed E-state index contributed by atoms with van der Waals surface area (Å²) in [7, 11) is 0. The van der Waals surface area contributed by atoms with E-state index in [1.165, 1.54) is 6.42 Å². The zero-order valence-corrected chi connectivity index (χ0v) is 11.7. The largest absolute Gasteiger partial charge is 0.492 e. The molecule has 0 radical (unpaired) electrons. The monoisotopic (exact) mass is 262 g/mol. The van der Waals surface area contributed by atoms with Crippen LogP contribution in [0.2, 0.25) is 0 Å². The number of nitrogen functional groups attached to an aromatic ring is 1. The molecule has 1 saturated carbocycles. The van der Waals surface area contributed by atoms with Gasteiger partial charge in [-0.05, 0) is 50.8 Å². The maximum atomic E-state index is 12.2. The molecule has 0 unspecified atom stereocenters. The Kier molecular flexibility index (Phi) is 3.98. The van der Waals surface area contributed by atoms with E-state index in [1.807, 2.05) is 6.92 Å². The molecule has 0 spiro atoms. The Morgan fingerprint density at radius 3 is 2.63 bits per heavy atom. The molecule has 0 bridgehead atoms. The maximum absolute atomic E-state index is 12.2. The van der Waals surface area contributed by atoms with Crippen LogP contribution in [-0.4, -0.2) is 18.1 Å². The van der Waals surface area contributed by atoms with E-state index < -0.39 is 0 Å². The van der Waals surface area contributed by atoms with Crippen molar-refractivity contribution in [1.82, 2.24) is 5.32 Å². The molecule has 104 valence electrons. The van der Waals surface area contributed by atoms with Crippen molar-refractivity contribution in [1.29, 1.82) is 0 Å². The summed E-state index contributed by atoms with van der Waals surface area (Å²) in [6, 6.07) is 5.20. The van der Waals surface area contributed by atoms with Crippen LogP contribution in [0.25, 0.3) is 0 Å². The molecular weight excluding hydrogens is 240 g/mol. The van der Waals surface area contributed by atoms with Crippen LogP contribution in [0.5, 0.6) is 5.75 Å². The fourth-order valence-corrected chi connectivity index (χ4v) is 2.46. The summed E-state index contributed by atoms with van der Waals surface area (Å²) in [6.07, 6.45) is 4.31. The van der Waals surface area contributed by atoms with Gasteiger partial charge in [0.2, 0.25) is 0 Å². The summed E-state index contributed by atoms with van der Waals surface area (Å²) in [6.45, 7) is 4.59. The van der Waals surface area contributed by atoms with Crippen molar-refractivity contribution >= 4 is 11.6 Å². The van der Waals surface area contributed by atoms with Gasteiger partial charge in [-0.1, -0.05) is 6.92 Å². The number of hydrogen-bond acceptors (Lipinski definition) is 3. The van der Waals surface area contributed by atoms with E-state index in [1.54, 1.807) is 18.2 Å². The van der Waals surface area contributed by atoms with Gasteiger partial charge >= 0.3 is 0 Å². The van der Waals surface area contributed by atoms with Gasteiger partial charge < -0.3 is 15.8 Å². The first-order valence-corrected chi connectivity index (χ1v) is 6.95. The van der Waals surface area contributed by atoms with Gasteiger partial charge in [-0.3, -0.25) is 4.79 Å². The van der Waals surface area contributed by atoms with E-state index in [0.29, 0.717) is 23.6 Å². The predicted molar refractivity (Wildman–Crippen MR) is 76.4 cm³/mol. The number of amides is 1. The third-order valence-corrected chi connectivity index (χ3v) is 3.94. The molecular formula is C15H22N2O2. The summed E-state index contributed by atoms with van der Waals surface area (Å²) >= 11 is 0. The van der Waals surface area contributed by atoms with Gasteiger partial charge in [-0.15, -0.1) is 0 Å². The molecule has 1 aliphatic rings. The van der Waals surface area contributed by atoms with Crippen LogP contribution in [0, 0.1) is 0 Å². The van der Waals surface area contributed by atoms with Gasteiger partial charge in [-0.2, -0.15) is 0 Å². The van der Waals surface area contributed by atoms with Crippen LogP contribution < -0.4 is 15.8 Å². The average Bonchev–Trinajstić information content (AvgIpc) is 2.36. The number of rotatable bonds is 5. The lowest BCUT2D eigenvalue weighted by Gasteiger charge is -2.42. The minimum atomic E-state index is -0.0451. The Balaban J connectivity index is 2.09. The second-order valence-electron chi connectivity index (χ2n) is 5.13. The number of nitrogens with two attached hydrogens (primary N) is 1. The summed E-state index contributed by atoms with van der Waals surface area (Å²) in [5.74, 6) is 0.587. The van der Waals surface area contributed by atoms with Crippen molar-refractivity contribution in [2.45, 2.75) is 45.1 Å². The van der Waals surface area contributed by atoms with E-state index in [-0.39, 0.29) is 11.4 Å². The first-order valence-electron chi connectivity index (χ1n) is 6.95. The summed E-state index contributed by atoms with van der Waals surface area (Å²) in [4.78, 5) is 12.2. The topological polar surface area (TPSA) is 64.3 Å². The van der Waals surface area contributed by atoms with Crippen molar-refractivity contribution in [2.24, 2.45) is 0 Å². The fourth-order valence-electron chi connectivity index (χ4n) is 2.46. The molecule has 1 amide bonds. The lowest BCUT2D eigenvalue weighted by molar-refractivity contribution is 0.0820. The molecule has 4 nitrogen and oxygen atoms in total. The number of hydrogen-bond donors (Lipinski definition) is 2. The molecule has 1 aromatic carbocycles. The van der Waals surface area contributed by atoms with Crippen LogP contribution >= 0.6 is 0 Å². The fraction of sp³-hybridized carbons (Fsp3) is 0.533. The Labute approximate surface area is 114 Å². The second kappa shape index (κ2) is 5.51. The van der Waals surface area contributed by atoms with Crippen LogP contribution in [0.15, 0.2) is 18.2 Å². The van der Waals surface area contributed by atoms with Crippen molar-refractivity contribution in [3.63, 3.8) is 0 Å². The average molecular weight is 262 g/mol. The molecule has 1 aliphatic carbocycles. The number of carbonyl (C=O) groups excluding carboxylic acids is 1. The van der Waals surface area contributed by atoms with Crippen molar-refractivity contribution in [3.8, 4) is 5.75 Å². The third-order valence-electron chi connectivity index (χ3n) is 3.94. The van der Waals surface area contributed by atoms with Gasteiger partial charge in [-0.25, -0.2) is 0 Å². The molecule has 3 N–H and O–H groups in total. The van der Waals surface area contributed by atoms with Crippen LogP contribution in [0.3, 0.4) is 0 Å². The quantitative estimate of drug-likeness (QED) is 0.802. The van der Waals surface area contributed by atoms with Gasteiger partial charge in [0.05, 0.1) is 12.3 Å². The normalized spacial score (nSPS) is 16.5. The molecule has 19 heavy (non-hydrogen) atoms. The second-order valence-corrected chi connectivity index (χ2v) is 5.13. The lowest BCUT2D eigenvalue weighted by atomic mass is 9.74. The van der Waals surface area contributed by atoms with Crippen LogP contribution in [0.1, 0.15) is 49.9 Å². The molecule has 0 aliphatic heterocycles. The van der Waals surface area contributed by atoms with Crippen molar-refractivity contribution in [3.05, 3.63) is 23.8 Å². The zero-order valence-electron chi connectivity index (χ0n) is 11.7. The maximum Gasteiger partial charge on any atom is 0.251 e. The lowest BCUT2D eigenvalue weighted by Crippen LogP contribution is -2.52. The summed E-state index contributed by atoms with van der Waals surface area (Å²) < 4.78 is 5.37. The molecule has 0 saturated heterocycles. The standard InChI is InChI=1S/C15H22N2O2/c1-3-15(8-5-9-15)17-14(18)11-6-7-13(19-4-2)12(16)10-11/h6-7,10H,3-5,8-9,16H2,1-2H3,(H,17,18). The molecule has 2 rings (SSSR count). The minimum absolute atomic E-state index is 0.00440. The molecule has 0 heterocycles. The van der Waals surface area contributed by atoms with Crippen LogP contribution in [-0.2, 0) is 0 Å². The van der Waals surface area contributed by atoms with Gasteiger partial charge in [0.15, 0.2) is 0 Å². The first kappa shape index (κ1) is 13.7. The summed E-state index contributed by atoms with van der Waals surface area (Å²) in [5, 5.41) is 3.14. The van der Waals surface area contributed by atoms with Crippen LogP contribution in [0.4, 0.5) is 5.69 Å². The van der Waals surface area contributed by atoms with E-state index in [0.717, 1.165) is 19.3 Å². The molecule has 0 aromatic heterocycles. The van der Waals surface area contributed by atoms with Gasteiger partial charge in [0, 0.05) is 11.1 Å². The third kappa shape index (κ3) is 2.83. The molecule has 1 aromatic rings. The minimum Gasteiger partial charge on any atom is -0.492 e. The zero-order chi connectivity index (χ0) is 13.9. The predicted octanol–water partition coefficient (Wildman–Crippen LogP) is 2.73. The Bertz CT molecular complexity index is 462. The van der Waals surface area contributed by atoms with Crippen molar-refractivity contribution < 1.29 is 9.53 Å². The first-order chi connectivity index (χ1) is 9.10. The highest BCUT2D eigenvalue weighted by atomic mass is 16.5.